The summed E-state index contributed by atoms with van der Waals surface area (Å²) in [5.74, 6) is -0.371. The fourth-order valence-electron chi connectivity index (χ4n) is 2.69. The van der Waals surface area contributed by atoms with Gasteiger partial charge in [0.2, 0.25) is 5.91 Å². The van der Waals surface area contributed by atoms with E-state index in [1.54, 1.807) is 11.0 Å². The SMILES string of the molecule is Cc1cccc(N)c1C(=O)N1CCCN(CC(N)=O)CC1. The van der Waals surface area contributed by atoms with E-state index in [-0.39, 0.29) is 18.4 Å². The molecule has 1 heterocycles. The van der Waals surface area contributed by atoms with Gasteiger partial charge in [-0.05, 0) is 25.0 Å². The monoisotopic (exact) mass is 290 g/mol. The maximum atomic E-state index is 12.7. The standard InChI is InChI=1S/C15H22N4O2/c1-11-4-2-5-12(16)14(11)15(21)19-7-3-6-18(8-9-19)10-13(17)20/h2,4-5H,3,6-10,16H2,1H3,(H2,17,20). The number of hydrogen-bond donors (Lipinski definition) is 2. The van der Waals surface area contributed by atoms with Crippen molar-refractivity contribution in [2.45, 2.75) is 13.3 Å². The summed E-state index contributed by atoms with van der Waals surface area (Å²) in [7, 11) is 0. The summed E-state index contributed by atoms with van der Waals surface area (Å²) < 4.78 is 0. The van der Waals surface area contributed by atoms with E-state index < -0.39 is 0 Å². The van der Waals surface area contributed by atoms with Crippen molar-refractivity contribution < 1.29 is 9.59 Å². The summed E-state index contributed by atoms with van der Waals surface area (Å²) in [6, 6.07) is 5.48. The first-order chi connectivity index (χ1) is 9.99. The Hall–Kier alpha value is -2.08. The molecule has 21 heavy (non-hydrogen) atoms. The lowest BCUT2D eigenvalue weighted by atomic mass is 10.1. The second-order valence-electron chi connectivity index (χ2n) is 5.43. The lowest BCUT2D eigenvalue weighted by molar-refractivity contribution is -0.119. The van der Waals surface area contributed by atoms with Gasteiger partial charge in [0.15, 0.2) is 0 Å². The number of primary amides is 1. The molecule has 6 nitrogen and oxygen atoms in total. The molecule has 0 bridgehead atoms. The Labute approximate surface area is 124 Å². The van der Waals surface area contributed by atoms with Crippen LogP contribution in [0, 0.1) is 6.92 Å². The largest absolute Gasteiger partial charge is 0.398 e. The smallest absolute Gasteiger partial charge is 0.256 e. The van der Waals surface area contributed by atoms with E-state index in [2.05, 4.69) is 0 Å². The van der Waals surface area contributed by atoms with E-state index in [4.69, 9.17) is 11.5 Å². The van der Waals surface area contributed by atoms with Gasteiger partial charge in [-0.25, -0.2) is 0 Å². The summed E-state index contributed by atoms with van der Waals surface area (Å²) in [5, 5.41) is 0. The topological polar surface area (TPSA) is 92.7 Å². The molecule has 1 aromatic carbocycles. The summed E-state index contributed by atoms with van der Waals surface area (Å²) in [4.78, 5) is 27.4. The average Bonchev–Trinajstić information content (AvgIpc) is 2.63. The number of rotatable bonds is 3. The molecular formula is C15H22N4O2. The van der Waals surface area contributed by atoms with Crippen LogP contribution >= 0.6 is 0 Å². The molecule has 0 atom stereocenters. The maximum Gasteiger partial charge on any atom is 0.256 e. The van der Waals surface area contributed by atoms with E-state index in [9.17, 15) is 9.59 Å². The van der Waals surface area contributed by atoms with E-state index in [1.165, 1.54) is 0 Å². The highest BCUT2D eigenvalue weighted by molar-refractivity contribution is 6.00. The number of carbonyl (C=O) groups is 2. The van der Waals surface area contributed by atoms with E-state index in [1.807, 2.05) is 24.0 Å². The predicted octanol–water partition coefficient (Wildman–Crippen LogP) is 0.210. The van der Waals surface area contributed by atoms with Crippen LogP contribution in [0.2, 0.25) is 0 Å². The first kappa shape index (κ1) is 15.3. The van der Waals surface area contributed by atoms with Crippen LogP contribution in [0.4, 0.5) is 5.69 Å². The van der Waals surface area contributed by atoms with Gasteiger partial charge in [0.05, 0.1) is 12.1 Å². The number of benzene rings is 1. The fourth-order valence-corrected chi connectivity index (χ4v) is 2.69. The van der Waals surface area contributed by atoms with Gasteiger partial charge in [0.25, 0.3) is 5.91 Å². The number of hydrogen-bond acceptors (Lipinski definition) is 4. The molecule has 0 saturated carbocycles. The van der Waals surface area contributed by atoms with Crippen molar-refractivity contribution in [3.05, 3.63) is 29.3 Å². The van der Waals surface area contributed by atoms with Crippen LogP contribution in [0.25, 0.3) is 0 Å². The van der Waals surface area contributed by atoms with Crippen LogP contribution in [-0.2, 0) is 4.79 Å². The van der Waals surface area contributed by atoms with Gasteiger partial charge in [0, 0.05) is 31.9 Å². The first-order valence-electron chi connectivity index (χ1n) is 7.14. The second-order valence-corrected chi connectivity index (χ2v) is 5.43. The van der Waals surface area contributed by atoms with Gasteiger partial charge in [-0.2, -0.15) is 0 Å². The lowest BCUT2D eigenvalue weighted by Crippen LogP contribution is -2.38. The highest BCUT2D eigenvalue weighted by Gasteiger charge is 2.23. The first-order valence-corrected chi connectivity index (χ1v) is 7.14. The third-order valence-electron chi connectivity index (χ3n) is 3.77. The van der Waals surface area contributed by atoms with Gasteiger partial charge >= 0.3 is 0 Å². The molecule has 4 N–H and O–H groups in total. The highest BCUT2D eigenvalue weighted by atomic mass is 16.2. The summed E-state index contributed by atoms with van der Waals surface area (Å²) in [5.41, 5.74) is 13.1. The molecule has 1 saturated heterocycles. The summed E-state index contributed by atoms with van der Waals surface area (Å²) in [6.07, 6.45) is 0.824. The second kappa shape index (κ2) is 6.58. The molecule has 2 amide bonds. The maximum absolute atomic E-state index is 12.7. The molecule has 114 valence electrons. The van der Waals surface area contributed by atoms with E-state index in [0.717, 1.165) is 18.5 Å². The van der Waals surface area contributed by atoms with Crippen LogP contribution in [0.5, 0.6) is 0 Å². The van der Waals surface area contributed by atoms with Gasteiger partial charge < -0.3 is 16.4 Å². The average molecular weight is 290 g/mol. The Kier molecular flexibility index (Phi) is 4.80. The lowest BCUT2D eigenvalue weighted by Gasteiger charge is -2.23. The number of aryl methyl sites for hydroxylation is 1. The number of nitrogen functional groups attached to an aromatic ring is 1. The van der Waals surface area contributed by atoms with Gasteiger partial charge in [-0.1, -0.05) is 12.1 Å². The zero-order chi connectivity index (χ0) is 15.4. The van der Waals surface area contributed by atoms with Crippen molar-refractivity contribution in [2.75, 3.05) is 38.5 Å². The molecule has 6 heteroatoms. The number of amides is 2. The summed E-state index contributed by atoms with van der Waals surface area (Å²) >= 11 is 0. The van der Waals surface area contributed by atoms with Crippen molar-refractivity contribution in [3.63, 3.8) is 0 Å². The van der Waals surface area contributed by atoms with Crippen molar-refractivity contribution in [2.24, 2.45) is 5.73 Å². The predicted molar refractivity (Wildman–Crippen MR) is 81.7 cm³/mol. The molecule has 0 spiro atoms. The minimum atomic E-state index is -0.335. The molecular weight excluding hydrogens is 268 g/mol. The molecule has 0 aliphatic carbocycles. The van der Waals surface area contributed by atoms with E-state index >= 15 is 0 Å². The Morgan fingerprint density at radius 3 is 2.62 bits per heavy atom. The number of carbonyl (C=O) groups excluding carboxylic acids is 2. The minimum absolute atomic E-state index is 0.0356. The fraction of sp³-hybridized carbons (Fsp3) is 0.467. The molecule has 1 fully saturated rings. The normalized spacial score (nSPS) is 16.5. The van der Waals surface area contributed by atoms with Gasteiger partial charge in [-0.15, -0.1) is 0 Å². The van der Waals surface area contributed by atoms with Gasteiger partial charge in [-0.3, -0.25) is 14.5 Å². The molecule has 0 unspecified atom stereocenters. The Balaban J connectivity index is 2.08. The molecule has 0 aromatic heterocycles. The van der Waals surface area contributed by atoms with Crippen molar-refractivity contribution in [1.82, 2.24) is 9.80 Å². The number of nitrogens with zero attached hydrogens (tertiary/aromatic N) is 2. The van der Waals surface area contributed by atoms with Crippen LogP contribution in [0.3, 0.4) is 0 Å². The molecule has 0 radical (unpaired) electrons. The number of anilines is 1. The Bertz CT molecular complexity index is 524. The molecule has 1 aliphatic heterocycles. The minimum Gasteiger partial charge on any atom is -0.398 e. The third-order valence-corrected chi connectivity index (χ3v) is 3.77. The molecule has 1 aromatic rings. The van der Waals surface area contributed by atoms with Gasteiger partial charge in [0.1, 0.15) is 0 Å². The zero-order valence-electron chi connectivity index (χ0n) is 12.3. The Morgan fingerprint density at radius 2 is 1.95 bits per heavy atom. The molecule has 2 rings (SSSR count). The van der Waals surface area contributed by atoms with Crippen molar-refractivity contribution in [3.8, 4) is 0 Å². The zero-order valence-corrected chi connectivity index (χ0v) is 12.3. The van der Waals surface area contributed by atoms with Crippen LogP contribution in [-0.4, -0.2) is 54.3 Å². The summed E-state index contributed by atoms with van der Waals surface area (Å²) in [6.45, 7) is 4.81. The Morgan fingerprint density at radius 1 is 1.19 bits per heavy atom. The highest BCUT2D eigenvalue weighted by Crippen LogP contribution is 2.19. The van der Waals surface area contributed by atoms with Crippen LogP contribution in [0.1, 0.15) is 22.3 Å². The van der Waals surface area contributed by atoms with Crippen LogP contribution < -0.4 is 11.5 Å². The number of nitrogens with two attached hydrogens (primary N) is 2. The molecule has 1 aliphatic rings. The van der Waals surface area contributed by atoms with E-state index in [0.29, 0.717) is 30.9 Å². The third kappa shape index (κ3) is 3.72. The van der Waals surface area contributed by atoms with Crippen molar-refractivity contribution in [1.29, 1.82) is 0 Å². The quantitative estimate of drug-likeness (QED) is 0.778. The van der Waals surface area contributed by atoms with Crippen molar-refractivity contribution >= 4 is 17.5 Å². The van der Waals surface area contributed by atoms with Crippen LogP contribution in [0.15, 0.2) is 18.2 Å².